The molecule has 0 aliphatic carbocycles. The van der Waals surface area contributed by atoms with E-state index in [4.69, 9.17) is 9.47 Å². The molecular weight excluding hydrogens is 228 g/mol. The van der Waals surface area contributed by atoms with Crippen molar-refractivity contribution in [3.8, 4) is 5.75 Å². The molecule has 1 fully saturated rings. The van der Waals surface area contributed by atoms with E-state index < -0.39 is 6.10 Å². The third kappa shape index (κ3) is 3.24. The first-order valence-corrected chi connectivity index (χ1v) is 6.63. The zero-order valence-corrected chi connectivity index (χ0v) is 11.3. The van der Waals surface area contributed by atoms with Crippen LogP contribution < -0.4 is 4.74 Å². The fraction of sp³-hybridized carbons (Fsp3) is 0.600. The van der Waals surface area contributed by atoms with Gasteiger partial charge in [-0.3, -0.25) is 0 Å². The van der Waals surface area contributed by atoms with E-state index in [0.29, 0.717) is 12.7 Å². The molecule has 0 aromatic heterocycles. The first kappa shape index (κ1) is 13.4. The van der Waals surface area contributed by atoms with Gasteiger partial charge in [-0.2, -0.15) is 0 Å². The Labute approximate surface area is 109 Å². The van der Waals surface area contributed by atoms with Crippen LogP contribution in [0.1, 0.15) is 43.9 Å². The van der Waals surface area contributed by atoms with Crippen LogP contribution in [0.2, 0.25) is 0 Å². The SMILES string of the molecule is Cc1ccc(OCC2CCC(C)O2)c([C@@H](C)O)c1. The lowest BCUT2D eigenvalue weighted by atomic mass is 10.1. The molecule has 0 amide bonds. The van der Waals surface area contributed by atoms with Crippen molar-refractivity contribution in [1.29, 1.82) is 0 Å². The topological polar surface area (TPSA) is 38.7 Å². The van der Waals surface area contributed by atoms with Gasteiger partial charge in [0.15, 0.2) is 0 Å². The van der Waals surface area contributed by atoms with Crippen LogP contribution in [0, 0.1) is 6.92 Å². The minimum atomic E-state index is -0.511. The summed E-state index contributed by atoms with van der Waals surface area (Å²) in [5, 5.41) is 9.75. The van der Waals surface area contributed by atoms with Crippen molar-refractivity contribution >= 4 is 0 Å². The standard InChI is InChI=1S/C15H22O3/c1-10-4-7-15(14(8-10)12(3)16)17-9-13-6-5-11(2)18-13/h4,7-8,11-13,16H,5-6,9H2,1-3H3/t11?,12-,13?/m1/s1. The highest BCUT2D eigenvalue weighted by molar-refractivity contribution is 5.38. The second-order valence-electron chi connectivity index (χ2n) is 5.17. The second kappa shape index (κ2) is 5.72. The third-order valence-electron chi connectivity index (χ3n) is 3.36. The van der Waals surface area contributed by atoms with Gasteiger partial charge >= 0.3 is 0 Å². The van der Waals surface area contributed by atoms with Crippen LogP contribution in [-0.4, -0.2) is 23.9 Å². The quantitative estimate of drug-likeness (QED) is 0.892. The Hall–Kier alpha value is -1.06. The molecule has 1 aromatic rings. The number of aliphatic hydroxyl groups is 1. The number of hydrogen-bond acceptors (Lipinski definition) is 3. The molecule has 2 unspecified atom stereocenters. The Balaban J connectivity index is 2.00. The maximum Gasteiger partial charge on any atom is 0.125 e. The highest BCUT2D eigenvalue weighted by atomic mass is 16.5. The molecule has 18 heavy (non-hydrogen) atoms. The van der Waals surface area contributed by atoms with Gasteiger partial charge in [0.1, 0.15) is 12.4 Å². The summed E-state index contributed by atoms with van der Waals surface area (Å²) in [7, 11) is 0. The van der Waals surface area contributed by atoms with Crippen LogP contribution >= 0.6 is 0 Å². The summed E-state index contributed by atoms with van der Waals surface area (Å²) >= 11 is 0. The van der Waals surface area contributed by atoms with Gasteiger partial charge in [-0.05, 0) is 45.7 Å². The maximum atomic E-state index is 9.75. The zero-order valence-electron chi connectivity index (χ0n) is 11.3. The van der Waals surface area contributed by atoms with Crippen LogP contribution in [0.5, 0.6) is 5.75 Å². The largest absolute Gasteiger partial charge is 0.490 e. The van der Waals surface area contributed by atoms with Gasteiger partial charge in [0.25, 0.3) is 0 Å². The minimum Gasteiger partial charge on any atom is -0.490 e. The van der Waals surface area contributed by atoms with Gasteiger partial charge in [-0.1, -0.05) is 11.6 Å². The van der Waals surface area contributed by atoms with Crippen molar-refractivity contribution in [1.82, 2.24) is 0 Å². The van der Waals surface area contributed by atoms with Crippen molar-refractivity contribution in [3.63, 3.8) is 0 Å². The van der Waals surface area contributed by atoms with Gasteiger partial charge in [0.05, 0.1) is 18.3 Å². The molecular formula is C15H22O3. The fourth-order valence-corrected chi connectivity index (χ4v) is 2.32. The number of benzene rings is 1. The summed E-state index contributed by atoms with van der Waals surface area (Å²) in [4.78, 5) is 0. The molecule has 1 N–H and O–H groups in total. The lowest BCUT2D eigenvalue weighted by Gasteiger charge is -2.17. The Morgan fingerprint density at radius 2 is 2.22 bits per heavy atom. The molecule has 3 atom stereocenters. The summed E-state index contributed by atoms with van der Waals surface area (Å²) in [6.07, 6.45) is 2.17. The normalized spacial score (nSPS) is 25.1. The predicted molar refractivity (Wildman–Crippen MR) is 70.9 cm³/mol. The van der Waals surface area contributed by atoms with Crippen molar-refractivity contribution in [2.45, 2.75) is 51.9 Å². The van der Waals surface area contributed by atoms with Crippen LogP contribution in [-0.2, 0) is 4.74 Å². The van der Waals surface area contributed by atoms with Crippen molar-refractivity contribution < 1.29 is 14.6 Å². The Kier molecular flexibility index (Phi) is 4.25. The third-order valence-corrected chi connectivity index (χ3v) is 3.36. The van der Waals surface area contributed by atoms with Crippen LogP contribution in [0.4, 0.5) is 0 Å². The van der Waals surface area contributed by atoms with Gasteiger partial charge < -0.3 is 14.6 Å². The molecule has 1 aromatic carbocycles. The Bertz CT molecular complexity index is 401. The smallest absolute Gasteiger partial charge is 0.125 e. The molecule has 1 aliphatic heterocycles. The summed E-state index contributed by atoms with van der Waals surface area (Å²) in [6.45, 7) is 6.42. The summed E-state index contributed by atoms with van der Waals surface area (Å²) in [5.74, 6) is 0.763. The highest BCUT2D eigenvalue weighted by Gasteiger charge is 2.22. The number of aliphatic hydroxyl groups excluding tert-OH is 1. The predicted octanol–water partition coefficient (Wildman–Crippen LogP) is 2.99. The van der Waals surface area contributed by atoms with E-state index in [1.54, 1.807) is 6.92 Å². The second-order valence-corrected chi connectivity index (χ2v) is 5.17. The van der Waals surface area contributed by atoms with Gasteiger partial charge in [0, 0.05) is 5.56 Å². The molecule has 0 radical (unpaired) electrons. The molecule has 1 saturated heterocycles. The van der Waals surface area contributed by atoms with E-state index in [2.05, 4.69) is 6.92 Å². The summed E-state index contributed by atoms with van der Waals surface area (Å²) < 4.78 is 11.5. The molecule has 0 spiro atoms. The first-order chi connectivity index (χ1) is 8.56. The van der Waals surface area contributed by atoms with E-state index in [0.717, 1.165) is 29.7 Å². The first-order valence-electron chi connectivity index (χ1n) is 6.63. The maximum absolute atomic E-state index is 9.75. The van der Waals surface area contributed by atoms with Crippen LogP contribution in [0.3, 0.4) is 0 Å². The Morgan fingerprint density at radius 1 is 1.44 bits per heavy atom. The van der Waals surface area contributed by atoms with Crippen LogP contribution in [0.25, 0.3) is 0 Å². The van der Waals surface area contributed by atoms with Crippen molar-refractivity contribution in [3.05, 3.63) is 29.3 Å². The average Bonchev–Trinajstić information content (AvgIpc) is 2.73. The minimum absolute atomic E-state index is 0.183. The summed E-state index contributed by atoms with van der Waals surface area (Å²) in [6, 6.07) is 5.90. The van der Waals surface area contributed by atoms with Crippen molar-refractivity contribution in [2.75, 3.05) is 6.61 Å². The highest BCUT2D eigenvalue weighted by Crippen LogP contribution is 2.27. The molecule has 1 aliphatic rings. The van der Waals surface area contributed by atoms with Crippen molar-refractivity contribution in [2.24, 2.45) is 0 Å². The zero-order chi connectivity index (χ0) is 13.1. The van der Waals surface area contributed by atoms with E-state index in [-0.39, 0.29) is 6.10 Å². The average molecular weight is 250 g/mol. The lowest BCUT2D eigenvalue weighted by Crippen LogP contribution is -2.18. The number of rotatable bonds is 4. The van der Waals surface area contributed by atoms with Crippen LogP contribution in [0.15, 0.2) is 18.2 Å². The van der Waals surface area contributed by atoms with Gasteiger partial charge in [-0.15, -0.1) is 0 Å². The molecule has 100 valence electrons. The molecule has 1 heterocycles. The molecule has 0 bridgehead atoms. The lowest BCUT2D eigenvalue weighted by molar-refractivity contribution is 0.0256. The number of hydrogen-bond donors (Lipinski definition) is 1. The number of ether oxygens (including phenoxy) is 2. The van der Waals surface area contributed by atoms with E-state index >= 15 is 0 Å². The Morgan fingerprint density at radius 3 is 2.83 bits per heavy atom. The molecule has 2 rings (SSSR count). The van der Waals surface area contributed by atoms with E-state index in [1.807, 2.05) is 25.1 Å². The fourth-order valence-electron chi connectivity index (χ4n) is 2.32. The molecule has 0 saturated carbocycles. The molecule has 3 heteroatoms. The molecule has 3 nitrogen and oxygen atoms in total. The summed E-state index contributed by atoms with van der Waals surface area (Å²) in [5.41, 5.74) is 1.98. The van der Waals surface area contributed by atoms with E-state index in [9.17, 15) is 5.11 Å². The monoisotopic (exact) mass is 250 g/mol. The number of aryl methyl sites for hydroxylation is 1. The van der Waals surface area contributed by atoms with E-state index in [1.165, 1.54) is 0 Å². The van der Waals surface area contributed by atoms with Gasteiger partial charge in [0.2, 0.25) is 0 Å². The van der Waals surface area contributed by atoms with Gasteiger partial charge in [-0.25, -0.2) is 0 Å².